The van der Waals surface area contributed by atoms with E-state index in [1.165, 1.54) is 51.4 Å². The molecule has 0 heterocycles. The van der Waals surface area contributed by atoms with Crippen LogP contribution in [0.3, 0.4) is 0 Å². The van der Waals surface area contributed by atoms with Crippen LogP contribution in [0.2, 0.25) is 0 Å². The molecular weight excluding hydrogens is 480 g/mol. The van der Waals surface area contributed by atoms with Gasteiger partial charge in [0.2, 0.25) is 0 Å². The van der Waals surface area contributed by atoms with E-state index in [9.17, 15) is 9.90 Å². The summed E-state index contributed by atoms with van der Waals surface area (Å²) in [6.45, 7) is 14.7. The van der Waals surface area contributed by atoms with Gasteiger partial charge in [-0.1, -0.05) is 59.2 Å². The average Bonchev–Trinajstić information content (AvgIpc) is 3.28. The summed E-state index contributed by atoms with van der Waals surface area (Å²) < 4.78 is 5.74. The Morgan fingerprint density at radius 1 is 0.897 bits per heavy atom. The SMILES string of the molecule is CC[C@]1(O)CC[C@@]2(C)[C@@H](CC[C@]3(C)[C@@H]2CC[C@@]2(C)[C@H]3CC[C@@H]2[C@H](C)CCCC(C)OC(=O)c2ccccc2)C1. The van der Waals surface area contributed by atoms with Crippen LogP contribution in [0.5, 0.6) is 0 Å². The van der Waals surface area contributed by atoms with E-state index >= 15 is 0 Å². The van der Waals surface area contributed by atoms with Crippen LogP contribution in [-0.4, -0.2) is 22.8 Å². The zero-order chi connectivity index (χ0) is 28.1. The molecule has 3 nitrogen and oxygen atoms in total. The van der Waals surface area contributed by atoms with Crippen LogP contribution in [0.15, 0.2) is 30.3 Å². The van der Waals surface area contributed by atoms with Crippen molar-refractivity contribution >= 4 is 5.97 Å². The van der Waals surface area contributed by atoms with Crippen LogP contribution in [0.1, 0.15) is 135 Å². The van der Waals surface area contributed by atoms with Gasteiger partial charge in [-0.15, -0.1) is 0 Å². The molecule has 39 heavy (non-hydrogen) atoms. The van der Waals surface area contributed by atoms with E-state index in [4.69, 9.17) is 4.74 Å². The first kappa shape index (κ1) is 29.2. The molecule has 1 aromatic carbocycles. The monoisotopic (exact) mass is 536 g/mol. The van der Waals surface area contributed by atoms with Crippen LogP contribution >= 0.6 is 0 Å². The third-order valence-electron chi connectivity index (χ3n) is 13.4. The Balaban J connectivity index is 1.19. The Kier molecular flexibility index (Phi) is 8.08. The lowest BCUT2D eigenvalue weighted by Crippen LogP contribution is -2.60. The molecule has 4 aliphatic carbocycles. The maximum atomic E-state index is 12.4. The van der Waals surface area contributed by atoms with Gasteiger partial charge in [-0.05, 0) is 142 Å². The van der Waals surface area contributed by atoms with Crippen molar-refractivity contribution in [3.63, 3.8) is 0 Å². The van der Waals surface area contributed by atoms with Crippen molar-refractivity contribution in [1.29, 1.82) is 0 Å². The van der Waals surface area contributed by atoms with Crippen molar-refractivity contribution < 1.29 is 14.6 Å². The van der Waals surface area contributed by atoms with Crippen LogP contribution in [0, 0.1) is 45.8 Å². The number of fused-ring (bicyclic) bond motifs is 5. The summed E-state index contributed by atoms with van der Waals surface area (Å²) >= 11 is 0. The van der Waals surface area contributed by atoms with Gasteiger partial charge in [-0.25, -0.2) is 4.79 Å². The number of esters is 1. The van der Waals surface area contributed by atoms with E-state index in [1.54, 1.807) is 0 Å². The highest BCUT2D eigenvalue weighted by Crippen LogP contribution is 2.73. The smallest absolute Gasteiger partial charge is 0.338 e. The highest BCUT2D eigenvalue weighted by Gasteiger charge is 2.65. The highest BCUT2D eigenvalue weighted by atomic mass is 16.5. The highest BCUT2D eigenvalue weighted by molar-refractivity contribution is 5.89. The second kappa shape index (κ2) is 10.8. The average molecular weight is 537 g/mol. The molecule has 10 atom stereocenters. The van der Waals surface area contributed by atoms with Crippen LogP contribution in [0.4, 0.5) is 0 Å². The van der Waals surface area contributed by atoms with Crippen molar-refractivity contribution in [3.8, 4) is 0 Å². The predicted molar refractivity (Wildman–Crippen MR) is 159 cm³/mol. The fraction of sp³-hybridized carbons (Fsp3) is 0.806. The van der Waals surface area contributed by atoms with Gasteiger partial charge in [-0.2, -0.15) is 0 Å². The lowest BCUT2D eigenvalue weighted by atomic mass is 9.38. The summed E-state index contributed by atoms with van der Waals surface area (Å²) in [5.74, 6) is 3.69. The van der Waals surface area contributed by atoms with Gasteiger partial charge < -0.3 is 9.84 Å². The molecule has 0 aromatic heterocycles. The number of rotatable bonds is 8. The summed E-state index contributed by atoms with van der Waals surface area (Å²) in [5.41, 5.74) is 1.55. The minimum Gasteiger partial charge on any atom is -0.459 e. The standard InChI is InChI=1S/C36H56O3/c1-7-36(38)23-22-33(4)28(24-36)18-20-35(6)30-17-16-29(34(30,5)21-19-31(33)35)25(2)12-11-13-26(3)39-32(37)27-14-9-8-10-15-27/h8-10,14-15,25-26,28-31,38H,7,11-13,16-24H2,1-6H3/t25-,26?,28+,29-,30-,31-,33+,34-,35+,36+/m1/s1. The van der Waals surface area contributed by atoms with E-state index in [-0.39, 0.29) is 12.1 Å². The Morgan fingerprint density at radius 3 is 2.31 bits per heavy atom. The van der Waals surface area contributed by atoms with Gasteiger partial charge in [0.05, 0.1) is 17.3 Å². The zero-order valence-electron chi connectivity index (χ0n) is 25.8. The molecule has 0 spiro atoms. The molecule has 3 heteroatoms. The van der Waals surface area contributed by atoms with E-state index in [0.717, 1.165) is 55.8 Å². The Labute approximate surface area is 238 Å². The zero-order valence-corrected chi connectivity index (χ0v) is 25.8. The Bertz CT molecular complexity index is 1010. The normalized spacial score (nSPS) is 43.1. The second-order valence-electron chi connectivity index (χ2n) is 15.4. The number of benzene rings is 1. The molecule has 4 saturated carbocycles. The Morgan fingerprint density at radius 2 is 1.59 bits per heavy atom. The maximum Gasteiger partial charge on any atom is 0.338 e. The lowest BCUT2D eigenvalue weighted by Gasteiger charge is -2.67. The first-order valence-corrected chi connectivity index (χ1v) is 16.4. The van der Waals surface area contributed by atoms with Crippen molar-refractivity contribution in [1.82, 2.24) is 0 Å². The number of carbonyl (C=O) groups excluding carboxylic acids is 1. The van der Waals surface area contributed by atoms with Gasteiger partial charge in [0.25, 0.3) is 0 Å². The molecule has 0 saturated heterocycles. The van der Waals surface area contributed by atoms with E-state index in [0.29, 0.717) is 27.7 Å². The fourth-order valence-electron chi connectivity index (χ4n) is 11.1. The third kappa shape index (κ3) is 5.13. The number of ether oxygens (including phenoxy) is 1. The van der Waals surface area contributed by atoms with E-state index < -0.39 is 5.60 Å². The van der Waals surface area contributed by atoms with Crippen molar-refractivity contribution in [3.05, 3.63) is 35.9 Å². The molecule has 0 radical (unpaired) electrons. The van der Waals surface area contributed by atoms with E-state index in [2.05, 4.69) is 34.6 Å². The molecule has 4 aliphatic rings. The summed E-state index contributed by atoms with van der Waals surface area (Å²) in [5, 5.41) is 11.2. The third-order valence-corrected chi connectivity index (χ3v) is 13.4. The maximum absolute atomic E-state index is 12.4. The number of hydrogen-bond donors (Lipinski definition) is 1. The molecule has 0 aliphatic heterocycles. The fourth-order valence-corrected chi connectivity index (χ4v) is 11.1. The molecule has 218 valence electrons. The predicted octanol–water partition coefficient (Wildman–Crippen LogP) is 9.23. The second-order valence-corrected chi connectivity index (χ2v) is 15.4. The van der Waals surface area contributed by atoms with Gasteiger partial charge in [0.1, 0.15) is 0 Å². The van der Waals surface area contributed by atoms with Crippen molar-refractivity contribution in [2.75, 3.05) is 0 Å². The van der Waals surface area contributed by atoms with E-state index in [1.807, 2.05) is 37.3 Å². The molecule has 4 fully saturated rings. The van der Waals surface area contributed by atoms with Gasteiger partial charge in [0, 0.05) is 0 Å². The van der Waals surface area contributed by atoms with Crippen molar-refractivity contribution in [2.45, 2.75) is 137 Å². The molecule has 1 unspecified atom stereocenters. The lowest BCUT2D eigenvalue weighted by molar-refractivity contribution is -0.190. The first-order chi connectivity index (χ1) is 18.4. The molecule has 1 aromatic rings. The van der Waals surface area contributed by atoms with Gasteiger partial charge in [-0.3, -0.25) is 0 Å². The largest absolute Gasteiger partial charge is 0.459 e. The topological polar surface area (TPSA) is 46.5 Å². The molecule has 1 N–H and O–H groups in total. The quantitative estimate of drug-likeness (QED) is 0.337. The van der Waals surface area contributed by atoms with Crippen LogP contribution < -0.4 is 0 Å². The number of carbonyl (C=O) groups is 1. The van der Waals surface area contributed by atoms with Crippen LogP contribution in [-0.2, 0) is 4.74 Å². The number of hydrogen-bond acceptors (Lipinski definition) is 3. The first-order valence-electron chi connectivity index (χ1n) is 16.4. The number of aliphatic hydroxyl groups is 1. The van der Waals surface area contributed by atoms with Crippen molar-refractivity contribution in [2.24, 2.45) is 45.8 Å². The minimum absolute atomic E-state index is 0.0389. The van der Waals surface area contributed by atoms with Crippen LogP contribution in [0.25, 0.3) is 0 Å². The minimum atomic E-state index is -0.410. The summed E-state index contributed by atoms with van der Waals surface area (Å²) in [6, 6.07) is 9.36. The Hall–Kier alpha value is -1.35. The molecule has 5 rings (SSSR count). The molecule has 0 amide bonds. The molecular formula is C36H56O3. The summed E-state index contributed by atoms with van der Waals surface area (Å²) in [4.78, 5) is 12.4. The summed E-state index contributed by atoms with van der Waals surface area (Å²) in [6.07, 6.45) is 15.7. The van der Waals surface area contributed by atoms with Gasteiger partial charge >= 0.3 is 5.97 Å². The summed E-state index contributed by atoms with van der Waals surface area (Å²) in [7, 11) is 0. The molecule has 0 bridgehead atoms. The van der Waals surface area contributed by atoms with Gasteiger partial charge in [0.15, 0.2) is 0 Å².